The van der Waals surface area contributed by atoms with Crippen molar-refractivity contribution < 1.29 is 9.59 Å². The van der Waals surface area contributed by atoms with Crippen molar-refractivity contribution in [3.63, 3.8) is 0 Å². The second kappa shape index (κ2) is 6.79. The molecule has 3 fully saturated rings. The summed E-state index contributed by atoms with van der Waals surface area (Å²) in [7, 11) is 0. The zero-order valence-corrected chi connectivity index (χ0v) is 14.9. The molecular weight excluding hydrogens is 314 g/mol. The Kier molecular flexibility index (Phi) is 4.50. The first-order valence-electron chi connectivity index (χ1n) is 9.48. The monoisotopic (exact) mass is 341 g/mol. The van der Waals surface area contributed by atoms with Gasteiger partial charge in [-0.3, -0.25) is 14.5 Å². The molecule has 1 aromatic rings. The van der Waals surface area contributed by atoms with E-state index in [1.807, 2.05) is 4.90 Å². The number of hydrogen-bond acceptors (Lipinski definition) is 3. The molecule has 134 valence electrons. The molecule has 1 aliphatic heterocycles. The molecule has 3 aliphatic rings. The SMILES string of the molecule is Cc1ccccc1C1CC1C(=O)N1CCN(CC(=O)NC2CC2)CC1. The largest absolute Gasteiger partial charge is 0.352 e. The van der Waals surface area contributed by atoms with E-state index in [2.05, 4.69) is 41.4 Å². The number of aryl methyl sites for hydroxylation is 1. The van der Waals surface area contributed by atoms with Crippen molar-refractivity contribution in [2.24, 2.45) is 5.92 Å². The summed E-state index contributed by atoms with van der Waals surface area (Å²) in [5.41, 5.74) is 2.62. The van der Waals surface area contributed by atoms with E-state index < -0.39 is 0 Å². The quantitative estimate of drug-likeness (QED) is 0.883. The highest BCUT2D eigenvalue weighted by molar-refractivity contribution is 5.83. The topological polar surface area (TPSA) is 52.7 Å². The molecule has 1 aromatic carbocycles. The van der Waals surface area contributed by atoms with Gasteiger partial charge in [0.2, 0.25) is 11.8 Å². The van der Waals surface area contributed by atoms with Crippen LogP contribution in [0, 0.1) is 12.8 Å². The maximum atomic E-state index is 12.8. The van der Waals surface area contributed by atoms with Crippen molar-refractivity contribution in [1.29, 1.82) is 0 Å². The fraction of sp³-hybridized carbons (Fsp3) is 0.600. The molecule has 5 nitrogen and oxygen atoms in total. The molecule has 2 saturated carbocycles. The Balaban J connectivity index is 1.25. The van der Waals surface area contributed by atoms with E-state index in [1.54, 1.807) is 0 Å². The molecule has 1 heterocycles. The number of carbonyl (C=O) groups excluding carboxylic acids is 2. The molecule has 2 aliphatic carbocycles. The van der Waals surface area contributed by atoms with E-state index in [0.29, 0.717) is 24.4 Å². The summed E-state index contributed by atoms with van der Waals surface area (Å²) in [5.74, 6) is 0.987. The predicted molar refractivity (Wildman–Crippen MR) is 96.2 cm³/mol. The lowest BCUT2D eigenvalue weighted by molar-refractivity contribution is -0.134. The maximum absolute atomic E-state index is 12.8. The van der Waals surface area contributed by atoms with Crippen LogP contribution in [0.15, 0.2) is 24.3 Å². The van der Waals surface area contributed by atoms with Gasteiger partial charge in [-0.15, -0.1) is 0 Å². The first-order valence-corrected chi connectivity index (χ1v) is 9.48. The molecule has 0 aromatic heterocycles. The van der Waals surface area contributed by atoms with Crippen LogP contribution < -0.4 is 5.32 Å². The van der Waals surface area contributed by atoms with Gasteiger partial charge in [0.05, 0.1) is 6.54 Å². The summed E-state index contributed by atoms with van der Waals surface area (Å²) >= 11 is 0. The predicted octanol–water partition coefficient (Wildman–Crippen LogP) is 1.52. The van der Waals surface area contributed by atoms with E-state index in [-0.39, 0.29) is 11.8 Å². The summed E-state index contributed by atoms with van der Waals surface area (Å²) in [6.07, 6.45) is 3.22. The molecule has 1 N–H and O–H groups in total. The lowest BCUT2D eigenvalue weighted by Gasteiger charge is -2.34. The minimum atomic E-state index is 0.129. The number of piperazine rings is 1. The molecule has 0 spiro atoms. The van der Waals surface area contributed by atoms with E-state index >= 15 is 0 Å². The molecule has 2 atom stereocenters. The van der Waals surface area contributed by atoms with Crippen LogP contribution in [-0.4, -0.2) is 60.4 Å². The highest BCUT2D eigenvalue weighted by Gasteiger charge is 2.46. The van der Waals surface area contributed by atoms with Gasteiger partial charge in [-0.1, -0.05) is 24.3 Å². The lowest BCUT2D eigenvalue weighted by atomic mass is 10.0. The zero-order chi connectivity index (χ0) is 17.4. The van der Waals surface area contributed by atoms with Gasteiger partial charge in [0.1, 0.15) is 0 Å². The van der Waals surface area contributed by atoms with Crippen LogP contribution in [0.3, 0.4) is 0 Å². The molecular formula is C20H27N3O2. The number of benzene rings is 1. The standard InChI is InChI=1S/C20H27N3O2/c1-14-4-2-3-5-16(14)17-12-18(17)20(25)23-10-8-22(9-11-23)13-19(24)21-15-6-7-15/h2-5,15,17-18H,6-13H2,1H3,(H,21,24). The van der Waals surface area contributed by atoms with Crippen molar-refractivity contribution in [3.05, 3.63) is 35.4 Å². The fourth-order valence-corrected chi connectivity index (χ4v) is 3.88. The van der Waals surface area contributed by atoms with Gasteiger partial charge in [-0.05, 0) is 43.2 Å². The normalized spacial score (nSPS) is 26.4. The first kappa shape index (κ1) is 16.6. The first-order chi connectivity index (χ1) is 12.1. The second-order valence-electron chi connectivity index (χ2n) is 7.75. The zero-order valence-electron chi connectivity index (χ0n) is 14.9. The number of carbonyl (C=O) groups is 2. The van der Waals surface area contributed by atoms with Crippen LogP contribution in [-0.2, 0) is 9.59 Å². The van der Waals surface area contributed by atoms with Crippen molar-refractivity contribution >= 4 is 11.8 Å². The van der Waals surface area contributed by atoms with E-state index in [1.165, 1.54) is 11.1 Å². The van der Waals surface area contributed by atoms with Crippen LogP contribution in [0.2, 0.25) is 0 Å². The number of nitrogens with one attached hydrogen (secondary N) is 1. The number of amides is 2. The highest BCUT2D eigenvalue weighted by Crippen LogP contribution is 2.49. The Morgan fingerprint density at radius 1 is 1.12 bits per heavy atom. The summed E-state index contributed by atoms with van der Waals surface area (Å²) in [4.78, 5) is 28.8. The minimum Gasteiger partial charge on any atom is -0.352 e. The highest BCUT2D eigenvalue weighted by atomic mass is 16.2. The van der Waals surface area contributed by atoms with Gasteiger partial charge in [-0.25, -0.2) is 0 Å². The van der Waals surface area contributed by atoms with Crippen molar-refractivity contribution in [2.45, 2.75) is 38.1 Å². The Bertz CT molecular complexity index is 663. The summed E-state index contributed by atoms with van der Waals surface area (Å²) < 4.78 is 0. The average Bonchev–Trinajstić information content (AvgIpc) is 3.50. The summed E-state index contributed by atoms with van der Waals surface area (Å²) in [5, 5.41) is 3.03. The van der Waals surface area contributed by atoms with Crippen LogP contribution in [0.4, 0.5) is 0 Å². The van der Waals surface area contributed by atoms with E-state index in [0.717, 1.165) is 45.4 Å². The minimum absolute atomic E-state index is 0.129. The average molecular weight is 341 g/mol. The smallest absolute Gasteiger partial charge is 0.234 e. The van der Waals surface area contributed by atoms with Crippen molar-refractivity contribution in [1.82, 2.24) is 15.1 Å². The molecule has 1 saturated heterocycles. The third kappa shape index (κ3) is 3.87. The molecule has 2 unspecified atom stereocenters. The van der Waals surface area contributed by atoms with Crippen LogP contribution in [0.25, 0.3) is 0 Å². The van der Waals surface area contributed by atoms with Gasteiger partial charge in [-0.2, -0.15) is 0 Å². The molecule has 0 radical (unpaired) electrons. The lowest BCUT2D eigenvalue weighted by Crippen LogP contribution is -2.51. The Hall–Kier alpha value is -1.88. The van der Waals surface area contributed by atoms with Gasteiger partial charge in [0.25, 0.3) is 0 Å². The second-order valence-corrected chi connectivity index (χ2v) is 7.75. The van der Waals surface area contributed by atoms with Gasteiger partial charge < -0.3 is 10.2 Å². The molecule has 5 heteroatoms. The molecule has 4 rings (SSSR count). The van der Waals surface area contributed by atoms with Crippen molar-refractivity contribution in [2.75, 3.05) is 32.7 Å². The van der Waals surface area contributed by atoms with E-state index in [9.17, 15) is 9.59 Å². The van der Waals surface area contributed by atoms with Gasteiger partial charge in [0.15, 0.2) is 0 Å². The van der Waals surface area contributed by atoms with Crippen LogP contribution in [0.5, 0.6) is 0 Å². The molecule has 2 amide bonds. The van der Waals surface area contributed by atoms with E-state index in [4.69, 9.17) is 0 Å². The Morgan fingerprint density at radius 2 is 1.84 bits per heavy atom. The third-order valence-electron chi connectivity index (χ3n) is 5.69. The van der Waals surface area contributed by atoms with Crippen LogP contribution in [0.1, 0.15) is 36.3 Å². The third-order valence-corrected chi connectivity index (χ3v) is 5.69. The number of rotatable bonds is 5. The van der Waals surface area contributed by atoms with Gasteiger partial charge >= 0.3 is 0 Å². The Labute approximate surface area is 149 Å². The summed E-state index contributed by atoms with van der Waals surface area (Å²) in [6.45, 7) is 5.67. The van der Waals surface area contributed by atoms with Crippen LogP contribution >= 0.6 is 0 Å². The van der Waals surface area contributed by atoms with Gasteiger partial charge in [0, 0.05) is 38.1 Å². The Morgan fingerprint density at radius 3 is 2.52 bits per heavy atom. The maximum Gasteiger partial charge on any atom is 0.234 e. The molecule has 25 heavy (non-hydrogen) atoms. The fourth-order valence-electron chi connectivity index (χ4n) is 3.88. The molecule has 0 bridgehead atoms. The summed E-state index contributed by atoms with van der Waals surface area (Å²) in [6, 6.07) is 8.82. The number of nitrogens with zero attached hydrogens (tertiary/aromatic N) is 2. The number of hydrogen-bond donors (Lipinski definition) is 1. The van der Waals surface area contributed by atoms with Crippen molar-refractivity contribution in [3.8, 4) is 0 Å².